The van der Waals surface area contributed by atoms with Crippen LogP contribution >= 0.6 is 0 Å². The molecule has 1 amide bonds. The van der Waals surface area contributed by atoms with Crippen LogP contribution in [0.4, 0.5) is 0 Å². The van der Waals surface area contributed by atoms with Crippen molar-refractivity contribution < 1.29 is 19.1 Å². The lowest BCUT2D eigenvalue weighted by Gasteiger charge is -2.23. The van der Waals surface area contributed by atoms with Crippen LogP contribution < -0.4 is 10.1 Å². The Morgan fingerprint density at radius 3 is 2.70 bits per heavy atom. The Bertz CT molecular complexity index is 998. The van der Waals surface area contributed by atoms with E-state index in [4.69, 9.17) is 9.47 Å². The van der Waals surface area contributed by atoms with Gasteiger partial charge in [-0.3, -0.25) is 4.79 Å². The molecule has 1 N–H and O–H groups in total. The van der Waals surface area contributed by atoms with Gasteiger partial charge in [0.15, 0.2) is 6.10 Å². The molecule has 27 heavy (non-hydrogen) atoms. The van der Waals surface area contributed by atoms with E-state index in [1.54, 1.807) is 12.1 Å². The van der Waals surface area contributed by atoms with Crippen molar-refractivity contribution in [3.05, 3.63) is 77.9 Å². The van der Waals surface area contributed by atoms with E-state index in [1.165, 1.54) is 0 Å². The summed E-state index contributed by atoms with van der Waals surface area (Å²) in [6.07, 6.45) is -0.410. The molecule has 0 radical (unpaired) electrons. The summed E-state index contributed by atoms with van der Waals surface area (Å²) in [6.45, 7) is 0.669. The summed E-state index contributed by atoms with van der Waals surface area (Å²) < 4.78 is 11.0. The Kier molecular flexibility index (Phi) is 4.75. The van der Waals surface area contributed by atoms with Crippen LogP contribution in [-0.2, 0) is 16.0 Å². The molecule has 0 aliphatic carbocycles. The molecular formula is C22H19NO4. The summed E-state index contributed by atoms with van der Waals surface area (Å²) in [5.41, 5.74) is 1.36. The van der Waals surface area contributed by atoms with Crippen molar-refractivity contribution in [3.8, 4) is 5.75 Å². The van der Waals surface area contributed by atoms with Crippen LogP contribution in [0.15, 0.2) is 66.7 Å². The third-order valence-corrected chi connectivity index (χ3v) is 4.58. The van der Waals surface area contributed by atoms with Gasteiger partial charge in [0.25, 0.3) is 5.91 Å². The van der Waals surface area contributed by atoms with Crippen molar-refractivity contribution in [1.29, 1.82) is 0 Å². The van der Waals surface area contributed by atoms with E-state index >= 15 is 0 Å². The Balaban J connectivity index is 1.29. The minimum Gasteiger partial charge on any atom is -0.492 e. The maximum Gasteiger partial charge on any atom is 0.339 e. The van der Waals surface area contributed by atoms with E-state index in [1.807, 2.05) is 54.6 Å². The molecule has 0 saturated heterocycles. The van der Waals surface area contributed by atoms with Crippen molar-refractivity contribution in [2.75, 3.05) is 13.2 Å². The van der Waals surface area contributed by atoms with E-state index in [9.17, 15) is 9.59 Å². The van der Waals surface area contributed by atoms with Gasteiger partial charge in [-0.25, -0.2) is 4.79 Å². The summed E-state index contributed by atoms with van der Waals surface area (Å²) in [4.78, 5) is 24.3. The Morgan fingerprint density at radius 2 is 1.81 bits per heavy atom. The molecule has 1 aliphatic heterocycles. The number of ether oxygens (including phenoxy) is 2. The zero-order valence-electron chi connectivity index (χ0n) is 14.7. The lowest BCUT2D eigenvalue weighted by atomic mass is 9.98. The van der Waals surface area contributed by atoms with Gasteiger partial charge in [0, 0.05) is 6.42 Å². The van der Waals surface area contributed by atoms with Crippen molar-refractivity contribution >= 4 is 22.6 Å². The number of carbonyl (C=O) groups excluding carboxylic acids is 2. The largest absolute Gasteiger partial charge is 0.492 e. The van der Waals surface area contributed by atoms with Gasteiger partial charge in [0.2, 0.25) is 0 Å². The number of hydrogen-bond donors (Lipinski definition) is 1. The van der Waals surface area contributed by atoms with Gasteiger partial charge in [-0.1, -0.05) is 48.5 Å². The first kappa shape index (κ1) is 17.1. The maximum atomic E-state index is 12.3. The molecular weight excluding hydrogens is 342 g/mol. The third kappa shape index (κ3) is 3.77. The molecule has 1 heterocycles. The first-order valence-electron chi connectivity index (χ1n) is 8.89. The average Bonchev–Trinajstić information content (AvgIpc) is 2.71. The number of fused-ring (bicyclic) bond motifs is 2. The molecule has 3 aromatic rings. The zero-order chi connectivity index (χ0) is 18.6. The lowest BCUT2D eigenvalue weighted by Crippen LogP contribution is -2.43. The fraction of sp³-hybridized carbons (Fsp3) is 0.182. The molecule has 0 unspecified atom stereocenters. The molecule has 1 aliphatic rings. The van der Waals surface area contributed by atoms with Gasteiger partial charge in [-0.15, -0.1) is 0 Å². The second-order valence-corrected chi connectivity index (χ2v) is 6.40. The quantitative estimate of drug-likeness (QED) is 0.560. The highest BCUT2D eigenvalue weighted by Crippen LogP contribution is 2.21. The van der Waals surface area contributed by atoms with E-state index in [0.717, 1.165) is 22.1 Å². The van der Waals surface area contributed by atoms with Crippen LogP contribution in [0.1, 0.15) is 15.9 Å². The predicted octanol–water partition coefficient (Wildman–Crippen LogP) is 3.12. The number of amides is 1. The standard InChI is InChI=1S/C22H19NO4/c24-21(20-14-17-7-3-4-8-19(17)22(25)27-20)23-11-12-26-18-10-9-15-5-1-2-6-16(15)13-18/h1-10,13,20H,11-12,14H2,(H,23,24)/t20-/m0/s1. The van der Waals surface area contributed by atoms with Crippen LogP contribution in [0.2, 0.25) is 0 Å². The van der Waals surface area contributed by atoms with Crippen molar-refractivity contribution in [2.24, 2.45) is 0 Å². The molecule has 136 valence electrons. The maximum absolute atomic E-state index is 12.3. The van der Waals surface area contributed by atoms with Crippen LogP contribution in [0.3, 0.4) is 0 Å². The van der Waals surface area contributed by atoms with Crippen molar-refractivity contribution in [2.45, 2.75) is 12.5 Å². The molecule has 0 spiro atoms. The number of cyclic esters (lactones) is 1. The van der Waals surface area contributed by atoms with Gasteiger partial charge in [0.05, 0.1) is 12.1 Å². The normalized spacial score (nSPS) is 15.7. The zero-order valence-corrected chi connectivity index (χ0v) is 14.7. The Morgan fingerprint density at radius 1 is 1.04 bits per heavy atom. The van der Waals surface area contributed by atoms with Gasteiger partial charge >= 0.3 is 5.97 Å². The molecule has 1 atom stereocenters. The average molecular weight is 361 g/mol. The minimum atomic E-state index is -0.798. The Labute approximate surface area is 156 Å². The second-order valence-electron chi connectivity index (χ2n) is 6.40. The first-order chi connectivity index (χ1) is 13.2. The summed E-state index contributed by atoms with van der Waals surface area (Å²) in [6, 6.07) is 21.1. The number of benzene rings is 3. The molecule has 0 aromatic heterocycles. The van der Waals surface area contributed by atoms with E-state index < -0.39 is 12.1 Å². The topological polar surface area (TPSA) is 64.6 Å². The lowest BCUT2D eigenvalue weighted by molar-refractivity contribution is -0.130. The van der Waals surface area contributed by atoms with Crippen molar-refractivity contribution in [1.82, 2.24) is 5.32 Å². The number of nitrogens with one attached hydrogen (secondary N) is 1. The van der Waals surface area contributed by atoms with Crippen LogP contribution in [-0.4, -0.2) is 31.1 Å². The van der Waals surface area contributed by atoms with Crippen LogP contribution in [0.5, 0.6) is 5.75 Å². The van der Waals surface area contributed by atoms with Gasteiger partial charge in [-0.05, 0) is 34.5 Å². The SMILES string of the molecule is O=C1O[C@H](C(=O)NCCOc2ccc3ccccc3c2)Cc2ccccc21. The number of carbonyl (C=O) groups is 2. The molecule has 4 rings (SSSR count). The molecule has 0 saturated carbocycles. The van der Waals surface area contributed by atoms with Crippen molar-refractivity contribution in [3.63, 3.8) is 0 Å². The van der Waals surface area contributed by atoms with Crippen LogP contribution in [0, 0.1) is 0 Å². The molecule has 3 aromatic carbocycles. The number of esters is 1. The summed E-state index contributed by atoms with van der Waals surface area (Å²) >= 11 is 0. The predicted molar refractivity (Wildman–Crippen MR) is 102 cm³/mol. The first-order valence-corrected chi connectivity index (χ1v) is 8.89. The van der Waals surface area contributed by atoms with Gasteiger partial charge < -0.3 is 14.8 Å². The molecule has 0 bridgehead atoms. The summed E-state index contributed by atoms with van der Waals surface area (Å²) in [5.74, 6) is -0.00894. The minimum absolute atomic E-state index is 0.306. The molecule has 5 heteroatoms. The summed E-state index contributed by atoms with van der Waals surface area (Å²) in [7, 11) is 0. The molecule has 0 fully saturated rings. The number of hydrogen-bond acceptors (Lipinski definition) is 4. The van der Waals surface area contributed by atoms with E-state index in [2.05, 4.69) is 5.32 Å². The molecule has 5 nitrogen and oxygen atoms in total. The highest BCUT2D eigenvalue weighted by molar-refractivity contribution is 5.95. The van der Waals surface area contributed by atoms with Gasteiger partial charge in [-0.2, -0.15) is 0 Å². The highest BCUT2D eigenvalue weighted by atomic mass is 16.5. The van der Waals surface area contributed by atoms with Gasteiger partial charge in [0.1, 0.15) is 12.4 Å². The highest BCUT2D eigenvalue weighted by Gasteiger charge is 2.30. The second kappa shape index (κ2) is 7.50. The smallest absolute Gasteiger partial charge is 0.339 e. The Hall–Kier alpha value is -3.34. The monoisotopic (exact) mass is 361 g/mol. The number of rotatable bonds is 5. The fourth-order valence-electron chi connectivity index (χ4n) is 3.19. The fourth-order valence-corrected chi connectivity index (χ4v) is 3.19. The van der Waals surface area contributed by atoms with Crippen LogP contribution in [0.25, 0.3) is 10.8 Å². The van der Waals surface area contributed by atoms with E-state index in [0.29, 0.717) is 25.1 Å². The van der Waals surface area contributed by atoms with E-state index in [-0.39, 0.29) is 5.91 Å². The summed E-state index contributed by atoms with van der Waals surface area (Å²) in [5, 5.41) is 5.02. The third-order valence-electron chi connectivity index (χ3n) is 4.58.